The molecule has 0 spiro atoms. The molecule has 1 amide bonds. The number of hydrogen-bond donors (Lipinski definition) is 1. The molecule has 3 aromatic rings. The molecule has 0 aliphatic carbocycles. The van der Waals surface area contributed by atoms with Gasteiger partial charge in [-0.2, -0.15) is 0 Å². The third-order valence-corrected chi connectivity index (χ3v) is 3.64. The van der Waals surface area contributed by atoms with Gasteiger partial charge in [0.15, 0.2) is 5.69 Å². The van der Waals surface area contributed by atoms with E-state index in [4.69, 9.17) is 9.15 Å². The average Bonchev–Trinajstić information content (AvgIpc) is 3.03. The maximum Gasteiger partial charge on any atom is 0.273 e. The van der Waals surface area contributed by atoms with E-state index in [1.807, 2.05) is 54.6 Å². The van der Waals surface area contributed by atoms with E-state index >= 15 is 0 Å². The van der Waals surface area contributed by atoms with Crippen LogP contribution in [0.25, 0.3) is 11.5 Å². The molecule has 0 aliphatic heterocycles. The third-order valence-electron chi connectivity index (χ3n) is 3.64. The van der Waals surface area contributed by atoms with Crippen LogP contribution in [0, 0.1) is 6.92 Å². The molecule has 0 radical (unpaired) electrons. The number of nitrogens with zero attached hydrogens (tertiary/aromatic N) is 1. The summed E-state index contributed by atoms with van der Waals surface area (Å²) in [5.74, 6) is 1.47. The normalized spacial score (nSPS) is 10.4. The molecule has 3 rings (SSSR count). The first-order valence-electron chi connectivity index (χ1n) is 7.61. The standard InChI is InChI=1S/C19H18N2O3/c1-13-17(21-19(24-13)15-6-4-3-5-7-15)18(22)20-12-14-8-10-16(23-2)11-9-14/h3-11H,12H2,1-2H3,(H,20,22). The number of benzene rings is 2. The molecule has 0 saturated heterocycles. The van der Waals surface area contributed by atoms with Crippen LogP contribution in [0.4, 0.5) is 0 Å². The van der Waals surface area contributed by atoms with Crippen molar-refractivity contribution in [2.45, 2.75) is 13.5 Å². The van der Waals surface area contributed by atoms with Gasteiger partial charge in [-0.25, -0.2) is 4.98 Å². The van der Waals surface area contributed by atoms with Crippen molar-refractivity contribution < 1.29 is 13.9 Å². The molecular weight excluding hydrogens is 304 g/mol. The summed E-state index contributed by atoms with van der Waals surface area (Å²) < 4.78 is 10.7. The Hall–Kier alpha value is -3.08. The van der Waals surface area contributed by atoms with Crippen LogP contribution < -0.4 is 10.1 Å². The zero-order chi connectivity index (χ0) is 16.9. The maximum absolute atomic E-state index is 12.3. The Kier molecular flexibility index (Phi) is 4.61. The summed E-state index contributed by atoms with van der Waals surface area (Å²) in [6.07, 6.45) is 0. The van der Waals surface area contributed by atoms with Crippen LogP contribution in [0.5, 0.6) is 5.75 Å². The van der Waals surface area contributed by atoms with Crippen molar-refractivity contribution in [2.75, 3.05) is 7.11 Å². The van der Waals surface area contributed by atoms with Crippen molar-refractivity contribution >= 4 is 5.91 Å². The highest BCUT2D eigenvalue weighted by molar-refractivity contribution is 5.93. The molecule has 0 bridgehead atoms. The summed E-state index contributed by atoms with van der Waals surface area (Å²) in [7, 11) is 1.62. The Balaban J connectivity index is 1.69. The van der Waals surface area contributed by atoms with Crippen molar-refractivity contribution in [3.8, 4) is 17.2 Å². The lowest BCUT2D eigenvalue weighted by atomic mass is 10.2. The van der Waals surface area contributed by atoms with Crippen LogP contribution in [0.2, 0.25) is 0 Å². The second-order valence-electron chi connectivity index (χ2n) is 5.32. The topological polar surface area (TPSA) is 64.4 Å². The lowest BCUT2D eigenvalue weighted by Crippen LogP contribution is -2.23. The molecule has 1 aromatic heterocycles. The highest BCUT2D eigenvalue weighted by atomic mass is 16.5. The van der Waals surface area contributed by atoms with E-state index in [0.29, 0.717) is 23.9 Å². The molecule has 0 fully saturated rings. The van der Waals surface area contributed by atoms with Crippen molar-refractivity contribution in [1.82, 2.24) is 10.3 Å². The zero-order valence-electron chi connectivity index (χ0n) is 13.6. The first-order chi connectivity index (χ1) is 11.7. The number of rotatable bonds is 5. The van der Waals surface area contributed by atoms with E-state index in [9.17, 15) is 4.79 Å². The van der Waals surface area contributed by atoms with Crippen LogP contribution in [0.3, 0.4) is 0 Å². The fraction of sp³-hybridized carbons (Fsp3) is 0.158. The van der Waals surface area contributed by atoms with E-state index in [2.05, 4.69) is 10.3 Å². The van der Waals surface area contributed by atoms with E-state index in [1.165, 1.54) is 0 Å². The minimum Gasteiger partial charge on any atom is -0.497 e. The number of aryl methyl sites for hydroxylation is 1. The number of ether oxygens (including phenoxy) is 1. The van der Waals surface area contributed by atoms with E-state index in [-0.39, 0.29) is 5.91 Å². The molecule has 24 heavy (non-hydrogen) atoms. The fourth-order valence-electron chi connectivity index (χ4n) is 2.32. The second-order valence-corrected chi connectivity index (χ2v) is 5.32. The van der Waals surface area contributed by atoms with Crippen molar-refractivity contribution in [1.29, 1.82) is 0 Å². The quantitative estimate of drug-likeness (QED) is 0.779. The third kappa shape index (κ3) is 3.46. The Morgan fingerprint density at radius 2 is 1.83 bits per heavy atom. The van der Waals surface area contributed by atoms with Gasteiger partial charge in [-0.1, -0.05) is 30.3 Å². The lowest BCUT2D eigenvalue weighted by molar-refractivity contribution is 0.0945. The SMILES string of the molecule is COc1ccc(CNC(=O)c2nc(-c3ccccc3)oc2C)cc1. The Labute approximate surface area is 140 Å². The van der Waals surface area contributed by atoms with Crippen LogP contribution in [-0.4, -0.2) is 18.0 Å². The molecule has 0 saturated carbocycles. The van der Waals surface area contributed by atoms with Crippen molar-refractivity contribution in [3.05, 3.63) is 71.6 Å². The van der Waals surface area contributed by atoms with Gasteiger partial charge in [0.25, 0.3) is 5.91 Å². The van der Waals surface area contributed by atoms with Gasteiger partial charge in [0.05, 0.1) is 7.11 Å². The number of hydrogen-bond acceptors (Lipinski definition) is 4. The number of methoxy groups -OCH3 is 1. The number of aromatic nitrogens is 1. The van der Waals surface area contributed by atoms with Gasteiger partial charge in [0, 0.05) is 12.1 Å². The maximum atomic E-state index is 12.3. The number of nitrogens with one attached hydrogen (secondary N) is 1. The molecular formula is C19H18N2O3. The Morgan fingerprint density at radius 1 is 1.12 bits per heavy atom. The predicted octanol–water partition coefficient (Wildman–Crippen LogP) is 3.59. The second kappa shape index (κ2) is 7.00. The highest BCUT2D eigenvalue weighted by Crippen LogP contribution is 2.21. The summed E-state index contributed by atoms with van der Waals surface area (Å²) in [6.45, 7) is 2.15. The molecule has 1 N–H and O–H groups in total. The van der Waals surface area contributed by atoms with Crippen molar-refractivity contribution in [2.24, 2.45) is 0 Å². The number of oxazole rings is 1. The van der Waals surface area contributed by atoms with Crippen LogP contribution in [0.1, 0.15) is 21.8 Å². The van der Waals surface area contributed by atoms with Crippen LogP contribution >= 0.6 is 0 Å². The number of carbonyl (C=O) groups excluding carboxylic acids is 1. The average molecular weight is 322 g/mol. The first-order valence-corrected chi connectivity index (χ1v) is 7.61. The van der Waals surface area contributed by atoms with Crippen molar-refractivity contribution in [3.63, 3.8) is 0 Å². The van der Waals surface area contributed by atoms with Crippen LogP contribution in [-0.2, 0) is 6.54 Å². The molecule has 2 aromatic carbocycles. The summed E-state index contributed by atoms with van der Waals surface area (Å²) in [5.41, 5.74) is 2.13. The van der Waals surface area contributed by atoms with Gasteiger partial charge >= 0.3 is 0 Å². The molecule has 1 heterocycles. The van der Waals surface area contributed by atoms with E-state index in [1.54, 1.807) is 14.0 Å². The first kappa shape index (κ1) is 15.8. The van der Waals surface area contributed by atoms with Gasteiger partial charge in [-0.15, -0.1) is 0 Å². The number of carbonyl (C=O) groups is 1. The van der Waals surface area contributed by atoms with Gasteiger partial charge in [-0.3, -0.25) is 4.79 Å². The smallest absolute Gasteiger partial charge is 0.273 e. The number of amides is 1. The minimum absolute atomic E-state index is 0.255. The molecule has 122 valence electrons. The molecule has 0 aliphatic rings. The molecule has 0 unspecified atom stereocenters. The monoisotopic (exact) mass is 322 g/mol. The lowest BCUT2D eigenvalue weighted by Gasteiger charge is -2.05. The Bertz CT molecular complexity index is 824. The van der Waals surface area contributed by atoms with Gasteiger partial charge in [-0.05, 0) is 36.8 Å². The Morgan fingerprint density at radius 3 is 2.50 bits per heavy atom. The van der Waals surface area contributed by atoms with Gasteiger partial charge < -0.3 is 14.5 Å². The molecule has 5 heteroatoms. The zero-order valence-corrected chi connectivity index (χ0v) is 13.6. The summed E-state index contributed by atoms with van der Waals surface area (Å²) >= 11 is 0. The summed E-state index contributed by atoms with van der Waals surface area (Å²) in [6, 6.07) is 17.0. The summed E-state index contributed by atoms with van der Waals surface area (Å²) in [5, 5.41) is 2.86. The highest BCUT2D eigenvalue weighted by Gasteiger charge is 2.17. The van der Waals surface area contributed by atoms with E-state index < -0.39 is 0 Å². The van der Waals surface area contributed by atoms with Crippen LogP contribution in [0.15, 0.2) is 59.0 Å². The predicted molar refractivity (Wildman–Crippen MR) is 90.8 cm³/mol. The molecule has 0 atom stereocenters. The summed E-state index contributed by atoms with van der Waals surface area (Å²) in [4.78, 5) is 16.7. The van der Waals surface area contributed by atoms with E-state index in [0.717, 1.165) is 16.9 Å². The minimum atomic E-state index is -0.255. The largest absolute Gasteiger partial charge is 0.497 e. The van der Waals surface area contributed by atoms with Gasteiger partial charge in [0.1, 0.15) is 11.5 Å². The fourth-order valence-corrected chi connectivity index (χ4v) is 2.32. The van der Waals surface area contributed by atoms with Gasteiger partial charge in [0.2, 0.25) is 5.89 Å². The molecule has 5 nitrogen and oxygen atoms in total.